The van der Waals surface area contributed by atoms with E-state index in [4.69, 9.17) is 9.26 Å². The molecule has 1 amide bonds. The second kappa shape index (κ2) is 10.6. The van der Waals surface area contributed by atoms with Gasteiger partial charge in [-0.1, -0.05) is 17.3 Å². The number of likely N-dealkylation sites (N-methyl/N-ethyl adjacent to an activating group) is 1. The molecule has 2 aliphatic carbocycles. The second-order valence-corrected chi connectivity index (χ2v) is 8.51. The minimum absolute atomic E-state index is 0. The monoisotopic (exact) mass is 481 g/mol. The maximum Gasteiger partial charge on any atom is 0.258 e. The number of rotatable bonds is 7. The van der Waals surface area contributed by atoms with Crippen molar-refractivity contribution in [3.63, 3.8) is 0 Å². The SMILES string of the molecule is CC(C)Oc1ccc(-c2nc(C3=C4CCC(NCC(=O)N(C)C)=C4CC=C3)no2)cc1C#N.Cl. The molecule has 0 aliphatic heterocycles. The van der Waals surface area contributed by atoms with Gasteiger partial charge in [0.25, 0.3) is 5.89 Å². The lowest BCUT2D eigenvalue weighted by atomic mass is 9.93. The Morgan fingerprint density at radius 2 is 2.09 bits per heavy atom. The third-order valence-electron chi connectivity index (χ3n) is 5.61. The first-order valence-electron chi connectivity index (χ1n) is 11.0. The van der Waals surface area contributed by atoms with Crippen LogP contribution >= 0.6 is 12.4 Å². The van der Waals surface area contributed by atoms with E-state index in [0.29, 0.717) is 28.6 Å². The van der Waals surface area contributed by atoms with Gasteiger partial charge in [0.1, 0.15) is 11.8 Å². The number of nitrogens with zero attached hydrogens (tertiary/aromatic N) is 4. The van der Waals surface area contributed by atoms with Crippen molar-refractivity contribution in [3.8, 4) is 23.3 Å². The minimum atomic E-state index is -0.0292. The maximum atomic E-state index is 12.0. The van der Waals surface area contributed by atoms with Gasteiger partial charge >= 0.3 is 0 Å². The second-order valence-electron chi connectivity index (χ2n) is 8.51. The number of carbonyl (C=O) groups excluding carboxylic acids is 1. The summed E-state index contributed by atoms with van der Waals surface area (Å²) < 4.78 is 11.2. The Morgan fingerprint density at radius 1 is 1.29 bits per heavy atom. The van der Waals surface area contributed by atoms with Crippen LogP contribution in [-0.2, 0) is 4.79 Å². The lowest BCUT2D eigenvalue weighted by Gasteiger charge is -2.15. The molecule has 34 heavy (non-hydrogen) atoms. The summed E-state index contributed by atoms with van der Waals surface area (Å²) in [5.41, 5.74) is 5.51. The number of nitrogens with one attached hydrogen (secondary N) is 1. The molecular formula is C25H28ClN5O3. The van der Waals surface area contributed by atoms with Crippen LogP contribution in [-0.4, -0.2) is 47.7 Å². The van der Waals surface area contributed by atoms with Crippen molar-refractivity contribution < 1.29 is 14.1 Å². The Hall–Kier alpha value is -3.57. The van der Waals surface area contributed by atoms with Crippen molar-refractivity contribution in [2.45, 2.75) is 39.2 Å². The standard InChI is InChI=1S/C25H27N5O3.ClH/c1-15(2)32-22-11-8-16(12-17(22)13-26)25-28-24(29-33-25)20-7-5-6-19-18(20)9-10-21(19)27-14-23(31)30(3)4;/h5,7-8,11-12,15,27H,6,9-10,14H2,1-4H3;1H. The third kappa shape index (κ3) is 5.15. The highest BCUT2D eigenvalue weighted by Gasteiger charge is 2.27. The van der Waals surface area contributed by atoms with Gasteiger partial charge < -0.3 is 19.5 Å². The fourth-order valence-electron chi connectivity index (χ4n) is 3.97. The highest BCUT2D eigenvalue weighted by molar-refractivity contribution is 5.85. The molecular weight excluding hydrogens is 454 g/mol. The Balaban J connectivity index is 0.00000324. The van der Waals surface area contributed by atoms with Crippen LogP contribution in [0.4, 0.5) is 0 Å². The number of fused-ring (bicyclic) bond motifs is 1. The fraction of sp³-hybridized carbons (Fsp3) is 0.360. The van der Waals surface area contributed by atoms with E-state index in [0.717, 1.165) is 30.5 Å². The van der Waals surface area contributed by atoms with Gasteiger partial charge in [0.05, 0.1) is 18.2 Å². The Morgan fingerprint density at radius 3 is 2.79 bits per heavy atom. The molecule has 4 rings (SSSR count). The van der Waals surface area contributed by atoms with E-state index >= 15 is 0 Å². The van der Waals surface area contributed by atoms with Crippen LogP contribution in [0, 0.1) is 11.3 Å². The number of allylic oxidation sites excluding steroid dienone is 6. The molecule has 0 unspecified atom stereocenters. The van der Waals surface area contributed by atoms with Crippen molar-refractivity contribution in [2.75, 3.05) is 20.6 Å². The van der Waals surface area contributed by atoms with Crippen LogP contribution in [0.25, 0.3) is 17.0 Å². The number of ether oxygens (including phenoxy) is 1. The topological polar surface area (TPSA) is 104 Å². The number of nitriles is 1. The summed E-state index contributed by atoms with van der Waals surface area (Å²) in [6, 6.07) is 7.44. The number of hydrogen-bond donors (Lipinski definition) is 1. The van der Waals surface area contributed by atoms with Crippen LogP contribution < -0.4 is 10.1 Å². The Bertz CT molecular complexity index is 1220. The summed E-state index contributed by atoms with van der Waals surface area (Å²) in [6.45, 7) is 4.11. The van der Waals surface area contributed by atoms with E-state index in [2.05, 4.69) is 27.6 Å². The van der Waals surface area contributed by atoms with Crippen molar-refractivity contribution in [1.82, 2.24) is 20.4 Å². The molecule has 2 aliphatic rings. The maximum absolute atomic E-state index is 12.0. The number of carbonyl (C=O) groups is 1. The van der Waals surface area contributed by atoms with Crippen molar-refractivity contribution >= 4 is 23.9 Å². The van der Waals surface area contributed by atoms with Crippen LogP contribution in [0.1, 0.15) is 44.5 Å². The average molecular weight is 482 g/mol. The predicted molar refractivity (Wildman–Crippen MR) is 131 cm³/mol. The molecule has 1 N–H and O–H groups in total. The van der Waals surface area contributed by atoms with E-state index in [1.807, 2.05) is 26.0 Å². The zero-order chi connectivity index (χ0) is 23.5. The first-order valence-corrected chi connectivity index (χ1v) is 11.0. The smallest absolute Gasteiger partial charge is 0.258 e. The van der Waals surface area contributed by atoms with E-state index in [9.17, 15) is 10.1 Å². The largest absolute Gasteiger partial charge is 0.490 e. The third-order valence-corrected chi connectivity index (χ3v) is 5.61. The first-order chi connectivity index (χ1) is 15.9. The van der Waals surface area contributed by atoms with Gasteiger partial charge in [-0.15, -0.1) is 12.4 Å². The minimum Gasteiger partial charge on any atom is -0.490 e. The summed E-state index contributed by atoms with van der Waals surface area (Å²) in [7, 11) is 3.50. The molecule has 0 spiro atoms. The molecule has 1 aromatic heterocycles. The Kier molecular flexibility index (Phi) is 7.79. The number of amides is 1. The molecule has 1 heterocycles. The average Bonchev–Trinajstić information content (AvgIpc) is 3.44. The first kappa shape index (κ1) is 25.1. The number of hydrogen-bond acceptors (Lipinski definition) is 7. The number of benzene rings is 1. The van der Waals surface area contributed by atoms with Gasteiger partial charge in [-0.25, -0.2) is 0 Å². The highest BCUT2D eigenvalue weighted by atomic mass is 35.5. The summed E-state index contributed by atoms with van der Waals surface area (Å²) in [5, 5.41) is 17.0. The van der Waals surface area contributed by atoms with Gasteiger partial charge in [0.2, 0.25) is 11.7 Å². The molecule has 178 valence electrons. The molecule has 0 saturated carbocycles. The quantitative estimate of drug-likeness (QED) is 0.630. The van der Waals surface area contributed by atoms with Crippen LogP contribution in [0.3, 0.4) is 0 Å². The molecule has 1 aromatic carbocycles. The van der Waals surface area contributed by atoms with E-state index < -0.39 is 0 Å². The summed E-state index contributed by atoms with van der Waals surface area (Å²) in [6.07, 6.45) is 6.60. The van der Waals surface area contributed by atoms with Gasteiger partial charge in [0.15, 0.2) is 0 Å². The predicted octanol–water partition coefficient (Wildman–Crippen LogP) is 4.26. The van der Waals surface area contributed by atoms with Gasteiger partial charge in [-0.3, -0.25) is 4.79 Å². The van der Waals surface area contributed by atoms with E-state index in [1.54, 1.807) is 31.1 Å². The summed E-state index contributed by atoms with van der Waals surface area (Å²) in [5.74, 6) is 1.43. The van der Waals surface area contributed by atoms with Crippen LogP contribution in [0.15, 0.2) is 51.7 Å². The van der Waals surface area contributed by atoms with Crippen LogP contribution in [0.5, 0.6) is 5.75 Å². The van der Waals surface area contributed by atoms with E-state index in [-0.39, 0.29) is 31.0 Å². The molecule has 2 aromatic rings. The fourth-order valence-corrected chi connectivity index (χ4v) is 3.97. The van der Waals surface area contributed by atoms with Crippen molar-refractivity contribution in [2.24, 2.45) is 0 Å². The van der Waals surface area contributed by atoms with Crippen LogP contribution in [0.2, 0.25) is 0 Å². The highest BCUT2D eigenvalue weighted by Crippen LogP contribution is 2.40. The number of aromatic nitrogens is 2. The molecule has 0 atom stereocenters. The van der Waals surface area contributed by atoms with Gasteiger partial charge in [-0.05, 0) is 62.5 Å². The lowest BCUT2D eigenvalue weighted by Crippen LogP contribution is -2.32. The zero-order valence-corrected chi connectivity index (χ0v) is 20.5. The van der Waals surface area contributed by atoms with Gasteiger partial charge in [0, 0.05) is 30.9 Å². The van der Waals surface area contributed by atoms with Crippen molar-refractivity contribution in [1.29, 1.82) is 5.26 Å². The molecule has 0 bridgehead atoms. The Labute approximate surface area is 205 Å². The van der Waals surface area contributed by atoms with Gasteiger partial charge in [-0.2, -0.15) is 10.2 Å². The molecule has 0 fully saturated rings. The molecule has 0 saturated heterocycles. The molecule has 0 radical (unpaired) electrons. The molecule has 8 nitrogen and oxygen atoms in total. The zero-order valence-electron chi connectivity index (χ0n) is 19.7. The normalized spacial score (nSPS) is 14.6. The van der Waals surface area contributed by atoms with E-state index in [1.165, 1.54) is 11.1 Å². The molecule has 9 heteroatoms. The van der Waals surface area contributed by atoms with Crippen molar-refractivity contribution in [3.05, 3.63) is 58.6 Å². The summed E-state index contributed by atoms with van der Waals surface area (Å²) in [4.78, 5) is 18.1. The summed E-state index contributed by atoms with van der Waals surface area (Å²) >= 11 is 0. The number of halogens is 1. The lowest BCUT2D eigenvalue weighted by molar-refractivity contribution is -0.127.